The molecule has 0 spiro atoms. The summed E-state index contributed by atoms with van der Waals surface area (Å²) in [7, 11) is 0. The highest BCUT2D eigenvalue weighted by atomic mass is 35.5. The van der Waals surface area contributed by atoms with Crippen LogP contribution in [0.3, 0.4) is 0 Å². The summed E-state index contributed by atoms with van der Waals surface area (Å²) in [6.07, 6.45) is 2.19. The van der Waals surface area contributed by atoms with E-state index in [-0.39, 0.29) is 11.9 Å². The van der Waals surface area contributed by atoms with Crippen molar-refractivity contribution in [3.8, 4) is 0 Å². The largest absolute Gasteiger partial charge is 0.334 e. The Labute approximate surface area is 187 Å². The summed E-state index contributed by atoms with van der Waals surface area (Å²) in [4.78, 5) is 32.3. The molecule has 2 heterocycles. The van der Waals surface area contributed by atoms with Crippen molar-refractivity contribution in [3.05, 3.63) is 68.4 Å². The van der Waals surface area contributed by atoms with E-state index in [2.05, 4.69) is 25.9 Å². The van der Waals surface area contributed by atoms with Crippen LogP contribution in [0.1, 0.15) is 29.4 Å². The van der Waals surface area contributed by atoms with Gasteiger partial charge in [-0.05, 0) is 36.2 Å². The van der Waals surface area contributed by atoms with Crippen molar-refractivity contribution in [1.82, 2.24) is 15.3 Å². The van der Waals surface area contributed by atoms with Gasteiger partial charge in [-0.15, -0.1) is 11.3 Å². The van der Waals surface area contributed by atoms with Crippen molar-refractivity contribution in [2.45, 2.75) is 26.8 Å². The van der Waals surface area contributed by atoms with Crippen molar-refractivity contribution in [2.75, 3.05) is 10.6 Å². The summed E-state index contributed by atoms with van der Waals surface area (Å²) in [5.41, 5.74) is 3.93. The molecule has 3 aromatic rings. The second-order valence-corrected chi connectivity index (χ2v) is 8.16. The number of anilines is 2. The fraction of sp³-hybridized carbons (Fsp3) is 0.200. The zero-order valence-electron chi connectivity index (χ0n) is 16.3. The Morgan fingerprint density at radius 3 is 2.67 bits per heavy atom. The van der Waals surface area contributed by atoms with Gasteiger partial charge in [-0.25, -0.2) is 9.78 Å². The van der Waals surface area contributed by atoms with Gasteiger partial charge in [-0.2, -0.15) is 0 Å². The molecule has 3 N–H and O–H groups in total. The zero-order chi connectivity index (χ0) is 21.7. The van der Waals surface area contributed by atoms with Crippen LogP contribution in [-0.4, -0.2) is 21.9 Å². The van der Waals surface area contributed by atoms with Gasteiger partial charge >= 0.3 is 6.03 Å². The Hall–Kier alpha value is -2.68. The lowest BCUT2D eigenvalue weighted by atomic mass is 10.1. The number of urea groups is 1. The van der Waals surface area contributed by atoms with Crippen molar-refractivity contribution in [1.29, 1.82) is 0 Å². The lowest BCUT2D eigenvalue weighted by Crippen LogP contribution is -2.28. The summed E-state index contributed by atoms with van der Waals surface area (Å²) in [6, 6.07) is 6.64. The predicted molar refractivity (Wildman–Crippen MR) is 121 cm³/mol. The van der Waals surface area contributed by atoms with Crippen LogP contribution in [-0.2, 0) is 17.8 Å². The topological polar surface area (TPSA) is 96.0 Å². The number of aryl methyl sites for hydroxylation is 1. The van der Waals surface area contributed by atoms with Crippen LogP contribution in [0.2, 0.25) is 10.0 Å². The number of carbonyl (C=O) groups is 2. The third kappa shape index (κ3) is 5.91. The minimum atomic E-state index is -0.374. The second kappa shape index (κ2) is 9.88. The molecule has 10 heteroatoms. The molecular formula is C20H19Cl2N5O2S. The Bertz CT molecular complexity index is 1090. The molecule has 0 saturated heterocycles. The van der Waals surface area contributed by atoms with Gasteiger partial charge in [-0.1, -0.05) is 29.3 Å². The SMILES string of the molecule is CC(=O)Nc1c(Cc2csc(NC(=O)NCc3ccc(Cl)c(Cl)c3)n2)ccnc1C. The van der Waals surface area contributed by atoms with Gasteiger partial charge in [0.25, 0.3) is 0 Å². The summed E-state index contributed by atoms with van der Waals surface area (Å²) in [6.45, 7) is 3.59. The van der Waals surface area contributed by atoms with Crippen LogP contribution >= 0.6 is 34.5 Å². The number of pyridine rings is 1. The van der Waals surface area contributed by atoms with Crippen LogP contribution in [0.4, 0.5) is 15.6 Å². The molecular weight excluding hydrogens is 445 g/mol. The van der Waals surface area contributed by atoms with Gasteiger partial charge in [0.15, 0.2) is 5.13 Å². The third-order valence-electron chi connectivity index (χ3n) is 4.11. The van der Waals surface area contributed by atoms with Gasteiger partial charge in [0.1, 0.15) is 0 Å². The molecule has 0 aliphatic heterocycles. The van der Waals surface area contributed by atoms with Crippen LogP contribution in [0, 0.1) is 6.92 Å². The zero-order valence-corrected chi connectivity index (χ0v) is 18.6. The number of amides is 3. The first kappa shape index (κ1) is 22.0. The van der Waals surface area contributed by atoms with Crippen molar-refractivity contribution >= 4 is 57.3 Å². The van der Waals surface area contributed by atoms with E-state index in [0.717, 1.165) is 22.5 Å². The van der Waals surface area contributed by atoms with E-state index in [1.54, 1.807) is 24.4 Å². The number of carbonyl (C=O) groups excluding carboxylic acids is 2. The third-order valence-corrected chi connectivity index (χ3v) is 5.65. The summed E-state index contributed by atoms with van der Waals surface area (Å²) < 4.78 is 0. The minimum absolute atomic E-state index is 0.161. The lowest BCUT2D eigenvalue weighted by Gasteiger charge is -2.11. The van der Waals surface area contributed by atoms with E-state index in [1.807, 2.05) is 18.4 Å². The molecule has 30 heavy (non-hydrogen) atoms. The first-order valence-corrected chi connectivity index (χ1v) is 10.6. The summed E-state index contributed by atoms with van der Waals surface area (Å²) >= 11 is 13.2. The highest BCUT2D eigenvalue weighted by Gasteiger charge is 2.12. The number of benzene rings is 1. The number of hydrogen-bond donors (Lipinski definition) is 3. The average molecular weight is 464 g/mol. The second-order valence-electron chi connectivity index (χ2n) is 6.49. The number of nitrogens with zero attached hydrogens (tertiary/aromatic N) is 2. The highest BCUT2D eigenvalue weighted by Crippen LogP contribution is 2.24. The van der Waals surface area contributed by atoms with Gasteiger partial charge in [0, 0.05) is 31.5 Å². The average Bonchev–Trinajstić information content (AvgIpc) is 3.12. The number of thiazole rings is 1. The van der Waals surface area contributed by atoms with E-state index in [9.17, 15) is 9.59 Å². The molecule has 3 rings (SSSR count). The van der Waals surface area contributed by atoms with Crippen molar-refractivity contribution < 1.29 is 9.59 Å². The van der Waals surface area contributed by atoms with Crippen molar-refractivity contribution in [2.24, 2.45) is 0 Å². The molecule has 0 unspecified atom stereocenters. The monoisotopic (exact) mass is 463 g/mol. The van der Waals surface area contributed by atoms with Gasteiger partial charge in [0.2, 0.25) is 5.91 Å². The lowest BCUT2D eigenvalue weighted by molar-refractivity contribution is -0.114. The molecule has 0 bridgehead atoms. The van der Waals surface area contributed by atoms with Gasteiger partial charge in [-0.3, -0.25) is 15.1 Å². The molecule has 7 nitrogen and oxygen atoms in total. The van der Waals surface area contributed by atoms with E-state index in [1.165, 1.54) is 18.3 Å². The number of halogens is 2. The molecule has 0 aliphatic carbocycles. The van der Waals surface area contributed by atoms with Gasteiger partial charge < -0.3 is 10.6 Å². The molecule has 1 aromatic carbocycles. The molecule has 0 fully saturated rings. The standard InChI is InChI=1S/C20H19Cl2N5O2S/c1-11-18(25-12(2)28)14(5-6-23-11)8-15-10-30-20(26-15)27-19(29)24-9-13-3-4-16(21)17(22)7-13/h3-7,10H,8-9H2,1-2H3,(H,25,28)(H2,24,26,27,29). The highest BCUT2D eigenvalue weighted by molar-refractivity contribution is 7.13. The number of rotatable bonds is 6. The van der Waals surface area contributed by atoms with Crippen LogP contribution in [0.5, 0.6) is 0 Å². The first-order chi connectivity index (χ1) is 14.3. The molecule has 0 radical (unpaired) electrons. The predicted octanol–water partition coefficient (Wildman–Crippen LogP) is 5.02. The smallest absolute Gasteiger partial charge is 0.321 e. The Morgan fingerprint density at radius 2 is 1.93 bits per heavy atom. The molecule has 156 valence electrons. The Balaban J connectivity index is 1.60. The summed E-state index contributed by atoms with van der Waals surface area (Å²) in [5, 5.41) is 11.5. The maximum atomic E-state index is 12.2. The molecule has 2 aromatic heterocycles. The van der Waals surface area contributed by atoms with Crippen LogP contribution < -0.4 is 16.0 Å². The van der Waals surface area contributed by atoms with Crippen molar-refractivity contribution in [3.63, 3.8) is 0 Å². The molecule has 0 aliphatic rings. The Kier molecular flexibility index (Phi) is 7.25. The van der Waals surface area contributed by atoms with E-state index in [4.69, 9.17) is 23.2 Å². The van der Waals surface area contributed by atoms with E-state index >= 15 is 0 Å². The maximum Gasteiger partial charge on any atom is 0.321 e. The van der Waals surface area contributed by atoms with Crippen LogP contribution in [0.25, 0.3) is 0 Å². The molecule has 3 amide bonds. The number of nitrogens with one attached hydrogen (secondary N) is 3. The van der Waals surface area contributed by atoms with E-state index < -0.39 is 0 Å². The normalized spacial score (nSPS) is 10.5. The first-order valence-electron chi connectivity index (χ1n) is 8.97. The summed E-state index contributed by atoms with van der Waals surface area (Å²) in [5.74, 6) is -0.161. The van der Waals surface area contributed by atoms with E-state index in [0.29, 0.717) is 33.8 Å². The molecule has 0 atom stereocenters. The Morgan fingerprint density at radius 1 is 1.13 bits per heavy atom. The maximum absolute atomic E-state index is 12.2. The molecule has 0 saturated carbocycles. The quantitative estimate of drug-likeness (QED) is 0.477. The minimum Gasteiger partial charge on any atom is -0.334 e. The fourth-order valence-corrected chi connectivity index (χ4v) is 3.75. The number of hydrogen-bond acceptors (Lipinski definition) is 5. The number of aromatic nitrogens is 2. The van der Waals surface area contributed by atoms with Gasteiger partial charge in [0.05, 0.1) is 27.1 Å². The fourth-order valence-electron chi connectivity index (χ4n) is 2.73. The van der Waals surface area contributed by atoms with Crippen LogP contribution in [0.15, 0.2) is 35.8 Å².